The van der Waals surface area contributed by atoms with Crippen molar-refractivity contribution < 1.29 is 0 Å². The van der Waals surface area contributed by atoms with Gasteiger partial charge in [-0.1, -0.05) is 32.5 Å². The summed E-state index contributed by atoms with van der Waals surface area (Å²) in [6.45, 7) is 11.7. The second-order valence-corrected chi connectivity index (χ2v) is 11.7. The Morgan fingerprint density at radius 1 is 1.00 bits per heavy atom. The molecule has 4 rings (SSSR count). The van der Waals surface area contributed by atoms with Gasteiger partial charge in [-0.05, 0) is 26.3 Å². The van der Waals surface area contributed by atoms with E-state index < -0.39 is 16.7 Å². The molecular weight excluding hydrogens is 460 g/mol. The van der Waals surface area contributed by atoms with Crippen LogP contribution < -0.4 is 16.8 Å². The Kier molecular flexibility index (Phi) is 5.60. The summed E-state index contributed by atoms with van der Waals surface area (Å²) in [6, 6.07) is 0. The lowest BCUT2D eigenvalue weighted by molar-refractivity contribution is 0.539. The lowest BCUT2D eigenvalue weighted by Gasteiger charge is -2.20. The molecular formula is C22H26N6O3S2. The summed E-state index contributed by atoms with van der Waals surface area (Å²) in [5.41, 5.74) is -0.248. The standard InChI is InChI=1S/C22H26N6O3S2/c1-9-10(2)32-17-12(9)16(29)23-14(24-17)11(3)33-18-13-15(25-20(26-18)22(4,5)6)27(7)21(31)28(8)19(13)30/h11H,1-8H3,(H,23,24,29). The van der Waals surface area contributed by atoms with Crippen LogP contribution in [0.15, 0.2) is 19.4 Å². The lowest BCUT2D eigenvalue weighted by atomic mass is 9.96. The van der Waals surface area contributed by atoms with Crippen LogP contribution in [0.1, 0.15) is 55.0 Å². The Balaban J connectivity index is 1.93. The molecule has 9 nitrogen and oxygen atoms in total. The first-order valence-corrected chi connectivity index (χ1v) is 12.2. The van der Waals surface area contributed by atoms with Gasteiger partial charge in [-0.3, -0.25) is 18.7 Å². The average Bonchev–Trinajstić information content (AvgIpc) is 3.03. The zero-order chi connectivity index (χ0) is 24.4. The number of nitrogens with one attached hydrogen (secondary N) is 1. The normalized spacial score (nSPS) is 13.2. The monoisotopic (exact) mass is 486 g/mol. The van der Waals surface area contributed by atoms with E-state index in [1.54, 1.807) is 7.05 Å². The fourth-order valence-electron chi connectivity index (χ4n) is 3.54. The second kappa shape index (κ2) is 7.91. The number of aryl methyl sites for hydroxylation is 3. The summed E-state index contributed by atoms with van der Waals surface area (Å²) >= 11 is 2.80. The number of thiophene rings is 1. The van der Waals surface area contributed by atoms with Crippen LogP contribution in [-0.2, 0) is 19.5 Å². The third kappa shape index (κ3) is 3.82. The highest BCUT2D eigenvalue weighted by molar-refractivity contribution is 7.99. The Bertz CT molecular complexity index is 1600. The summed E-state index contributed by atoms with van der Waals surface area (Å²) in [4.78, 5) is 57.0. The molecule has 0 aromatic carbocycles. The van der Waals surface area contributed by atoms with Gasteiger partial charge in [0.1, 0.15) is 26.9 Å². The van der Waals surface area contributed by atoms with Crippen LogP contribution >= 0.6 is 23.1 Å². The van der Waals surface area contributed by atoms with E-state index in [9.17, 15) is 14.4 Å². The number of fused-ring (bicyclic) bond motifs is 2. The van der Waals surface area contributed by atoms with Gasteiger partial charge in [-0.25, -0.2) is 19.7 Å². The first kappa shape index (κ1) is 23.4. The van der Waals surface area contributed by atoms with Crippen molar-refractivity contribution in [2.24, 2.45) is 14.1 Å². The van der Waals surface area contributed by atoms with Gasteiger partial charge in [0.15, 0.2) is 5.65 Å². The summed E-state index contributed by atoms with van der Waals surface area (Å²) in [6.07, 6.45) is 0. The molecule has 0 aliphatic carbocycles. The molecule has 1 atom stereocenters. The van der Waals surface area contributed by atoms with Crippen molar-refractivity contribution in [2.45, 2.75) is 57.2 Å². The quantitative estimate of drug-likeness (QED) is 0.349. The molecule has 174 valence electrons. The minimum Gasteiger partial charge on any atom is -0.309 e. The van der Waals surface area contributed by atoms with Crippen LogP contribution in [0.4, 0.5) is 0 Å². The van der Waals surface area contributed by atoms with E-state index in [-0.39, 0.29) is 16.2 Å². The maximum Gasteiger partial charge on any atom is 0.332 e. The van der Waals surface area contributed by atoms with E-state index in [4.69, 9.17) is 9.97 Å². The minimum absolute atomic E-state index is 0.175. The fraction of sp³-hybridized carbons (Fsp3) is 0.455. The smallest absolute Gasteiger partial charge is 0.309 e. The molecule has 0 aliphatic heterocycles. The second-order valence-electron chi connectivity index (χ2n) is 9.18. The largest absolute Gasteiger partial charge is 0.332 e. The Morgan fingerprint density at radius 3 is 2.30 bits per heavy atom. The zero-order valence-electron chi connectivity index (χ0n) is 19.9. The maximum atomic E-state index is 13.1. The maximum absolute atomic E-state index is 13.1. The van der Waals surface area contributed by atoms with E-state index in [0.717, 1.165) is 15.0 Å². The average molecular weight is 487 g/mol. The Morgan fingerprint density at radius 2 is 1.67 bits per heavy atom. The molecule has 0 saturated heterocycles. The Hall–Kier alpha value is -2.79. The third-order valence-corrected chi connectivity index (χ3v) is 7.87. The van der Waals surface area contributed by atoms with Crippen molar-refractivity contribution in [1.82, 2.24) is 29.1 Å². The SMILES string of the molecule is Cc1sc2nc(C(C)Sc3nc(C(C)(C)C)nc4c3c(=O)n(C)c(=O)n4C)[nH]c(=O)c2c1C. The van der Waals surface area contributed by atoms with E-state index in [1.165, 1.54) is 34.7 Å². The van der Waals surface area contributed by atoms with Crippen molar-refractivity contribution in [3.05, 3.63) is 53.3 Å². The van der Waals surface area contributed by atoms with E-state index >= 15 is 0 Å². The van der Waals surface area contributed by atoms with Crippen molar-refractivity contribution in [3.63, 3.8) is 0 Å². The van der Waals surface area contributed by atoms with Crippen LogP contribution in [0.25, 0.3) is 21.3 Å². The van der Waals surface area contributed by atoms with E-state index in [0.29, 0.717) is 32.5 Å². The predicted octanol–water partition coefficient (Wildman–Crippen LogP) is 3.09. The van der Waals surface area contributed by atoms with Crippen LogP contribution in [0.5, 0.6) is 0 Å². The van der Waals surface area contributed by atoms with Gasteiger partial charge in [-0.2, -0.15) is 0 Å². The molecule has 0 fully saturated rings. The molecule has 4 aromatic heterocycles. The van der Waals surface area contributed by atoms with Gasteiger partial charge in [0.25, 0.3) is 11.1 Å². The number of H-pyrrole nitrogens is 1. The van der Waals surface area contributed by atoms with Crippen LogP contribution in [-0.4, -0.2) is 29.1 Å². The molecule has 0 bridgehead atoms. The summed E-state index contributed by atoms with van der Waals surface area (Å²) < 4.78 is 2.42. The number of hydrogen-bond acceptors (Lipinski definition) is 8. The number of hydrogen-bond donors (Lipinski definition) is 1. The molecule has 11 heteroatoms. The molecule has 0 saturated carbocycles. The highest BCUT2D eigenvalue weighted by atomic mass is 32.2. The first-order valence-electron chi connectivity index (χ1n) is 10.5. The molecule has 1 N–H and O–H groups in total. The number of nitrogens with zero attached hydrogens (tertiary/aromatic N) is 5. The van der Waals surface area contributed by atoms with Crippen LogP contribution in [0.2, 0.25) is 0 Å². The molecule has 4 aromatic rings. The van der Waals surface area contributed by atoms with Gasteiger partial charge in [0.2, 0.25) is 0 Å². The highest BCUT2D eigenvalue weighted by Gasteiger charge is 2.25. The van der Waals surface area contributed by atoms with Gasteiger partial charge in [0.05, 0.1) is 10.6 Å². The van der Waals surface area contributed by atoms with Crippen LogP contribution in [0, 0.1) is 13.8 Å². The molecule has 0 spiro atoms. The predicted molar refractivity (Wildman–Crippen MR) is 133 cm³/mol. The number of thioether (sulfide) groups is 1. The third-order valence-electron chi connectivity index (χ3n) is 5.67. The number of rotatable bonds is 3. The number of aromatic amines is 1. The Labute approximate surface area is 197 Å². The van der Waals surface area contributed by atoms with Crippen molar-refractivity contribution in [2.75, 3.05) is 0 Å². The first-order chi connectivity index (χ1) is 15.3. The van der Waals surface area contributed by atoms with Gasteiger partial charge in [0, 0.05) is 24.4 Å². The van der Waals surface area contributed by atoms with Crippen molar-refractivity contribution in [3.8, 4) is 0 Å². The molecule has 1 unspecified atom stereocenters. The van der Waals surface area contributed by atoms with Gasteiger partial charge < -0.3 is 4.98 Å². The summed E-state index contributed by atoms with van der Waals surface area (Å²) in [5.74, 6) is 1.03. The topological polar surface area (TPSA) is 116 Å². The van der Waals surface area contributed by atoms with Crippen molar-refractivity contribution in [1.29, 1.82) is 0 Å². The van der Waals surface area contributed by atoms with E-state index in [2.05, 4.69) is 9.97 Å². The van der Waals surface area contributed by atoms with Gasteiger partial charge in [-0.15, -0.1) is 11.3 Å². The molecule has 0 aliphatic rings. The van der Waals surface area contributed by atoms with E-state index in [1.807, 2.05) is 41.5 Å². The highest BCUT2D eigenvalue weighted by Crippen LogP contribution is 2.36. The van der Waals surface area contributed by atoms with Gasteiger partial charge >= 0.3 is 5.69 Å². The molecule has 4 heterocycles. The summed E-state index contributed by atoms with van der Waals surface area (Å²) in [7, 11) is 3.03. The fourth-order valence-corrected chi connectivity index (χ4v) is 5.57. The lowest BCUT2D eigenvalue weighted by Crippen LogP contribution is -2.38. The van der Waals surface area contributed by atoms with Crippen LogP contribution in [0.3, 0.4) is 0 Å². The summed E-state index contributed by atoms with van der Waals surface area (Å²) in [5, 5.41) is 1.04. The minimum atomic E-state index is -0.454. The molecule has 33 heavy (non-hydrogen) atoms. The molecule has 0 radical (unpaired) electrons. The molecule has 0 amide bonds. The number of aromatic nitrogens is 6. The zero-order valence-corrected chi connectivity index (χ0v) is 21.5. The van der Waals surface area contributed by atoms with Crippen molar-refractivity contribution >= 4 is 44.3 Å².